The minimum Gasteiger partial charge on any atom is -0.334 e. The molecule has 0 aliphatic rings. The Bertz CT molecular complexity index is 1220. The Labute approximate surface area is 166 Å². The Kier molecular flexibility index (Phi) is 4.80. The van der Waals surface area contributed by atoms with Crippen molar-refractivity contribution in [1.29, 1.82) is 0 Å². The van der Waals surface area contributed by atoms with E-state index in [0.717, 1.165) is 0 Å². The van der Waals surface area contributed by atoms with Crippen molar-refractivity contribution >= 4 is 15.7 Å². The number of nitrogens with zero attached hydrogens (tertiary/aromatic N) is 6. The molecular formula is C18H17N7O3S. The van der Waals surface area contributed by atoms with Gasteiger partial charge in [-0.3, -0.25) is 4.72 Å². The van der Waals surface area contributed by atoms with E-state index in [4.69, 9.17) is 4.52 Å². The van der Waals surface area contributed by atoms with Gasteiger partial charge in [-0.25, -0.2) is 13.1 Å². The SMILES string of the molecule is CC(C)c1noc(-c2ccc(NS(=O)(=O)c3cccc(-n4cnnn4)c3)cc2)n1. The van der Waals surface area contributed by atoms with Gasteiger partial charge in [0, 0.05) is 17.2 Å². The fraction of sp³-hybridized carbons (Fsp3) is 0.167. The van der Waals surface area contributed by atoms with Crippen LogP contribution in [0.1, 0.15) is 25.6 Å². The van der Waals surface area contributed by atoms with E-state index >= 15 is 0 Å². The maximum absolute atomic E-state index is 12.7. The second-order valence-corrected chi connectivity index (χ2v) is 8.23. The minimum absolute atomic E-state index is 0.0908. The highest BCUT2D eigenvalue weighted by Gasteiger charge is 2.16. The summed E-state index contributed by atoms with van der Waals surface area (Å²) in [7, 11) is -3.79. The first-order chi connectivity index (χ1) is 13.9. The summed E-state index contributed by atoms with van der Waals surface area (Å²) >= 11 is 0. The fourth-order valence-electron chi connectivity index (χ4n) is 2.55. The van der Waals surface area contributed by atoms with E-state index in [1.54, 1.807) is 36.4 Å². The smallest absolute Gasteiger partial charge is 0.261 e. The molecule has 0 amide bonds. The van der Waals surface area contributed by atoms with Crippen molar-refractivity contribution in [1.82, 2.24) is 30.3 Å². The van der Waals surface area contributed by atoms with Gasteiger partial charge in [0.2, 0.25) is 0 Å². The van der Waals surface area contributed by atoms with E-state index in [2.05, 4.69) is 30.4 Å². The summed E-state index contributed by atoms with van der Waals surface area (Å²) in [6, 6.07) is 13.0. The summed E-state index contributed by atoms with van der Waals surface area (Å²) in [6.45, 7) is 3.95. The van der Waals surface area contributed by atoms with Crippen LogP contribution in [0.4, 0.5) is 5.69 Å². The summed E-state index contributed by atoms with van der Waals surface area (Å²) < 4.78 is 34.7. The van der Waals surface area contributed by atoms with Gasteiger partial charge in [-0.2, -0.15) is 4.98 Å². The van der Waals surface area contributed by atoms with Crippen LogP contribution in [0.5, 0.6) is 0 Å². The molecule has 0 saturated carbocycles. The Balaban J connectivity index is 1.54. The third-order valence-electron chi connectivity index (χ3n) is 4.08. The monoisotopic (exact) mass is 411 g/mol. The molecule has 29 heavy (non-hydrogen) atoms. The van der Waals surface area contributed by atoms with Crippen LogP contribution < -0.4 is 4.72 Å². The number of nitrogens with one attached hydrogen (secondary N) is 1. The molecule has 10 nitrogen and oxygen atoms in total. The van der Waals surface area contributed by atoms with Gasteiger partial charge in [0.05, 0.1) is 10.6 Å². The van der Waals surface area contributed by atoms with Crippen LogP contribution in [-0.4, -0.2) is 38.8 Å². The zero-order valence-electron chi connectivity index (χ0n) is 15.6. The first-order valence-electron chi connectivity index (χ1n) is 8.73. The number of tetrazole rings is 1. The molecule has 11 heteroatoms. The topological polar surface area (TPSA) is 129 Å². The number of anilines is 1. The Morgan fingerprint density at radius 2 is 1.90 bits per heavy atom. The maximum Gasteiger partial charge on any atom is 0.261 e. The first-order valence-corrected chi connectivity index (χ1v) is 10.2. The summed E-state index contributed by atoms with van der Waals surface area (Å²) in [5.74, 6) is 1.16. The van der Waals surface area contributed by atoms with Crippen LogP contribution in [0.2, 0.25) is 0 Å². The molecule has 2 heterocycles. The van der Waals surface area contributed by atoms with E-state index in [1.165, 1.54) is 23.1 Å². The van der Waals surface area contributed by atoms with E-state index in [9.17, 15) is 8.42 Å². The molecule has 0 radical (unpaired) electrons. The van der Waals surface area contributed by atoms with E-state index < -0.39 is 10.0 Å². The number of aromatic nitrogens is 6. The van der Waals surface area contributed by atoms with Crippen LogP contribution in [0, 0.1) is 0 Å². The number of benzene rings is 2. The normalized spacial score (nSPS) is 11.7. The lowest BCUT2D eigenvalue weighted by Gasteiger charge is -2.09. The molecule has 2 aromatic carbocycles. The summed E-state index contributed by atoms with van der Waals surface area (Å²) in [5.41, 5.74) is 1.64. The van der Waals surface area contributed by atoms with E-state index in [0.29, 0.717) is 28.7 Å². The fourth-order valence-corrected chi connectivity index (χ4v) is 3.65. The quantitative estimate of drug-likeness (QED) is 0.513. The molecule has 4 aromatic rings. The number of rotatable bonds is 6. The maximum atomic E-state index is 12.7. The number of hydrogen-bond donors (Lipinski definition) is 1. The Morgan fingerprint density at radius 3 is 2.55 bits per heavy atom. The largest absolute Gasteiger partial charge is 0.334 e. The Morgan fingerprint density at radius 1 is 1.10 bits per heavy atom. The highest BCUT2D eigenvalue weighted by molar-refractivity contribution is 7.92. The molecule has 0 bridgehead atoms. The predicted molar refractivity (Wildman–Crippen MR) is 104 cm³/mol. The average Bonchev–Trinajstić information content (AvgIpc) is 3.41. The molecule has 4 rings (SSSR count). The molecule has 2 aromatic heterocycles. The lowest BCUT2D eigenvalue weighted by atomic mass is 10.2. The lowest BCUT2D eigenvalue weighted by Crippen LogP contribution is -2.13. The van der Waals surface area contributed by atoms with Gasteiger partial charge in [0.1, 0.15) is 6.33 Å². The van der Waals surface area contributed by atoms with Gasteiger partial charge in [-0.1, -0.05) is 25.1 Å². The van der Waals surface area contributed by atoms with Gasteiger partial charge >= 0.3 is 0 Å². The van der Waals surface area contributed by atoms with Gasteiger partial charge in [0.25, 0.3) is 15.9 Å². The van der Waals surface area contributed by atoms with Crippen molar-refractivity contribution in [3.05, 3.63) is 60.7 Å². The third-order valence-corrected chi connectivity index (χ3v) is 5.46. The molecule has 0 aliphatic carbocycles. The van der Waals surface area contributed by atoms with Crippen LogP contribution in [0.15, 0.2) is 64.3 Å². The number of sulfonamides is 1. The molecule has 0 atom stereocenters. The van der Waals surface area contributed by atoms with Gasteiger partial charge in [0.15, 0.2) is 5.82 Å². The van der Waals surface area contributed by atoms with E-state index in [1.807, 2.05) is 13.8 Å². The second kappa shape index (κ2) is 7.43. The molecule has 148 valence electrons. The molecule has 0 aliphatic heterocycles. The van der Waals surface area contributed by atoms with Crippen molar-refractivity contribution in [3.8, 4) is 17.1 Å². The van der Waals surface area contributed by atoms with Crippen molar-refractivity contribution in [2.75, 3.05) is 4.72 Å². The number of hydrogen-bond acceptors (Lipinski definition) is 8. The highest BCUT2D eigenvalue weighted by Crippen LogP contribution is 2.23. The average molecular weight is 411 g/mol. The van der Waals surface area contributed by atoms with Crippen LogP contribution in [-0.2, 0) is 10.0 Å². The van der Waals surface area contributed by atoms with E-state index in [-0.39, 0.29) is 10.8 Å². The second-order valence-electron chi connectivity index (χ2n) is 6.55. The molecule has 1 N–H and O–H groups in total. The summed E-state index contributed by atoms with van der Waals surface area (Å²) in [6.07, 6.45) is 1.39. The third kappa shape index (κ3) is 3.99. The zero-order chi connectivity index (χ0) is 20.4. The predicted octanol–water partition coefficient (Wildman–Crippen LogP) is 2.64. The molecular weight excluding hydrogens is 394 g/mol. The van der Waals surface area contributed by atoms with Crippen molar-refractivity contribution in [2.24, 2.45) is 0 Å². The van der Waals surface area contributed by atoms with Gasteiger partial charge in [-0.15, -0.1) is 5.10 Å². The Hall–Kier alpha value is -3.60. The molecule has 0 saturated heterocycles. The summed E-state index contributed by atoms with van der Waals surface area (Å²) in [5, 5.41) is 14.8. The van der Waals surface area contributed by atoms with Crippen molar-refractivity contribution in [3.63, 3.8) is 0 Å². The highest BCUT2D eigenvalue weighted by atomic mass is 32.2. The summed E-state index contributed by atoms with van der Waals surface area (Å²) in [4.78, 5) is 4.42. The molecule has 0 fully saturated rings. The van der Waals surface area contributed by atoms with Crippen molar-refractivity contribution in [2.45, 2.75) is 24.7 Å². The van der Waals surface area contributed by atoms with Gasteiger partial charge in [-0.05, 0) is 52.9 Å². The van der Waals surface area contributed by atoms with Crippen LogP contribution in [0.3, 0.4) is 0 Å². The van der Waals surface area contributed by atoms with Crippen LogP contribution >= 0.6 is 0 Å². The zero-order valence-corrected chi connectivity index (χ0v) is 16.4. The van der Waals surface area contributed by atoms with Gasteiger partial charge < -0.3 is 4.52 Å². The standard InChI is InChI=1S/C18H17N7O3S/c1-12(2)17-20-18(28-21-17)13-6-8-14(9-7-13)22-29(26,27)16-5-3-4-15(10-16)25-11-19-23-24-25/h3-12,22H,1-2H3. The molecule has 0 spiro atoms. The van der Waals surface area contributed by atoms with Crippen LogP contribution in [0.25, 0.3) is 17.1 Å². The van der Waals surface area contributed by atoms with Crippen molar-refractivity contribution < 1.29 is 12.9 Å². The first kappa shape index (κ1) is 18.7. The minimum atomic E-state index is -3.79. The lowest BCUT2D eigenvalue weighted by molar-refractivity contribution is 0.419. The molecule has 0 unspecified atom stereocenters.